The maximum absolute atomic E-state index is 10.5. The van der Waals surface area contributed by atoms with Crippen LogP contribution in [0, 0.1) is 0 Å². The van der Waals surface area contributed by atoms with E-state index in [0.717, 1.165) is 25.7 Å². The summed E-state index contributed by atoms with van der Waals surface area (Å²) in [5, 5.41) is 0. The van der Waals surface area contributed by atoms with Gasteiger partial charge in [-0.1, -0.05) is 36.8 Å². The SMILES string of the molecule is C=CCc1ccccc1CCCCCOP(=O)(O)O. The Hall–Kier alpha value is -0.930. The second kappa shape index (κ2) is 8.28. The molecule has 5 heteroatoms. The first kappa shape index (κ1) is 16.1. The first-order chi connectivity index (χ1) is 9.03. The molecule has 106 valence electrons. The Morgan fingerprint density at radius 3 is 2.47 bits per heavy atom. The highest BCUT2D eigenvalue weighted by Gasteiger charge is 2.12. The standard InChI is InChI=1S/C14H21O4P/c1-2-8-13-10-5-6-11-14(13)9-4-3-7-12-18-19(15,16)17/h2,5-6,10-11H,1,3-4,7-9,12H2,(H2,15,16,17). The summed E-state index contributed by atoms with van der Waals surface area (Å²) in [7, 11) is -4.30. The molecule has 0 aliphatic rings. The van der Waals surface area contributed by atoms with Crippen LogP contribution in [0.4, 0.5) is 0 Å². The normalized spacial score (nSPS) is 11.5. The van der Waals surface area contributed by atoms with E-state index in [1.807, 2.05) is 18.2 Å². The van der Waals surface area contributed by atoms with Gasteiger partial charge in [-0.2, -0.15) is 0 Å². The molecule has 0 unspecified atom stereocenters. The van der Waals surface area contributed by atoms with Gasteiger partial charge in [-0.15, -0.1) is 6.58 Å². The number of hydrogen-bond donors (Lipinski definition) is 2. The molecule has 1 aromatic carbocycles. The Labute approximate surface area is 114 Å². The van der Waals surface area contributed by atoms with E-state index < -0.39 is 7.82 Å². The van der Waals surface area contributed by atoms with Crippen LogP contribution in [0.1, 0.15) is 30.4 Å². The van der Waals surface area contributed by atoms with Crippen molar-refractivity contribution in [2.24, 2.45) is 0 Å². The summed E-state index contributed by atoms with van der Waals surface area (Å²) in [5.74, 6) is 0. The molecule has 0 aliphatic carbocycles. The minimum absolute atomic E-state index is 0.110. The van der Waals surface area contributed by atoms with E-state index in [1.165, 1.54) is 11.1 Å². The Morgan fingerprint density at radius 1 is 1.16 bits per heavy atom. The summed E-state index contributed by atoms with van der Waals surface area (Å²) in [5.41, 5.74) is 2.61. The molecule has 0 amide bonds. The molecule has 0 spiro atoms. The van der Waals surface area contributed by atoms with Crippen molar-refractivity contribution in [1.82, 2.24) is 0 Å². The lowest BCUT2D eigenvalue weighted by Gasteiger charge is -2.08. The summed E-state index contributed by atoms with van der Waals surface area (Å²) in [6, 6.07) is 8.27. The van der Waals surface area contributed by atoms with Gasteiger partial charge in [0.15, 0.2) is 0 Å². The lowest BCUT2D eigenvalue weighted by molar-refractivity contribution is 0.193. The Kier molecular flexibility index (Phi) is 7.03. The van der Waals surface area contributed by atoms with Crippen LogP contribution < -0.4 is 0 Å². The van der Waals surface area contributed by atoms with Crippen molar-refractivity contribution in [1.29, 1.82) is 0 Å². The van der Waals surface area contributed by atoms with Crippen LogP contribution in [0.2, 0.25) is 0 Å². The fourth-order valence-corrected chi connectivity index (χ4v) is 2.30. The van der Waals surface area contributed by atoms with Crippen molar-refractivity contribution in [2.75, 3.05) is 6.61 Å². The Balaban J connectivity index is 2.26. The third kappa shape index (κ3) is 7.28. The van der Waals surface area contributed by atoms with Crippen LogP contribution >= 0.6 is 7.82 Å². The van der Waals surface area contributed by atoms with Gasteiger partial charge in [0.1, 0.15) is 0 Å². The van der Waals surface area contributed by atoms with Gasteiger partial charge in [0, 0.05) is 0 Å². The minimum Gasteiger partial charge on any atom is -0.303 e. The van der Waals surface area contributed by atoms with E-state index in [4.69, 9.17) is 9.79 Å². The van der Waals surface area contributed by atoms with Gasteiger partial charge < -0.3 is 9.79 Å². The lowest BCUT2D eigenvalue weighted by atomic mass is 9.99. The van der Waals surface area contributed by atoms with Crippen molar-refractivity contribution in [3.63, 3.8) is 0 Å². The van der Waals surface area contributed by atoms with Crippen LogP contribution in [0.3, 0.4) is 0 Å². The molecule has 2 N–H and O–H groups in total. The maximum Gasteiger partial charge on any atom is 0.469 e. The van der Waals surface area contributed by atoms with Gasteiger partial charge in [-0.05, 0) is 36.8 Å². The van der Waals surface area contributed by atoms with Crippen LogP contribution in [-0.4, -0.2) is 16.4 Å². The number of hydrogen-bond acceptors (Lipinski definition) is 2. The van der Waals surface area contributed by atoms with E-state index >= 15 is 0 Å². The summed E-state index contributed by atoms with van der Waals surface area (Å²) < 4.78 is 14.9. The number of unbranched alkanes of at least 4 members (excludes halogenated alkanes) is 2. The molecule has 0 bridgehead atoms. The van der Waals surface area contributed by atoms with E-state index in [1.54, 1.807) is 0 Å². The number of allylic oxidation sites excluding steroid dienone is 1. The monoisotopic (exact) mass is 284 g/mol. The van der Waals surface area contributed by atoms with E-state index in [2.05, 4.69) is 23.2 Å². The highest BCUT2D eigenvalue weighted by Crippen LogP contribution is 2.35. The third-order valence-electron chi connectivity index (χ3n) is 2.83. The van der Waals surface area contributed by atoms with Crippen molar-refractivity contribution in [2.45, 2.75) is 32.1 Å². The molecule has 0 atom stereocenters. The largest absolute Gasteiger partial charge is 0.469 e. The zero-order chi connectivity index (χ0) is 14.1. The first-order valence-electron chi connectivity index (χ1n) is 6.40. The predicted octanol–water partition coefficient (Wildman–Crippen LogP) is 3.24. The van der Waals surface area contributed by atoms with Gasteiger partial charge in [-0.3, -0.25) is 4.52 Å². The van der Waals surface area contributed by atoms with Crippen molar-refractivity contribution in [3.8, 4) is 0 Å². The molecule has 0 fully saturated rings. The molecule has 1 rings (SSSR count). The topological polar surface area (TPSA) is 66.8 Å². The molecular weight excluding hydrogens is 263 g/mol. The first-order valence-corrected chi connectivity index (χ1v) is 7.94. The maximum atomic E-state index is 10.5. The van der Waals surface area contributed by atoms with Gasteiger partial charge in [0.2, 0.25) is 0 Å². The Bertz CT molecular complexity index is 439. The zero-order valence-electron chi connectivity index (χ0n) is 11.0. The molecule has 0 radical (unpaired) electrons. The van der Waals surface area contributed by atoms with E-state index in [0.29, 0.717) is 6.42 Å². The zero-order valence-corrected chi connectivity index (χ0v) is 11.9. The molecule has 4 nitrogen and oxygen atoms in total. The predicted molar refractivity (Wildman–Crippen MR) is 75.9 cm³/mol. The summed E-state index contributed by atoms with van der Waals surface area (Å²) in [6.07, 6.45) is 6.28. The van der Waals surface area contributed by atoms with E-state index in [9.17, 15) is 4.57 Å². The second-order valence-corrected chi connectivity index (χ2v) is 5.64. The molecular formula is C14H21O4P. The third-order valence-corrected chi connectivity index (χ3v) is 3.35. The molecule has 0 saturated carbocycles. The lowest BCUT2D eigenvalue weighted by Crippen LogP contribution is -1.95. The fraction of sp³-hybridized carbons (Fsp3) is 0.429. The van der Waals surface area contributed by atoms with Crippen LogP contribution in [0.25, 0.3) is 0 Å². The molecule has 0 saturated heterocycles. The van der Waals surface area contributed by atoms with Crippen LogP contribution in [0.15, 0.2) is 36.9 Å². The fourth-order valence-electron chi connectivity index (χ4n) is 1.93. The molecule has 1 aromatic rings. The van der Waals surface area contributed by atoms with Gasteiger partial charge in [-0.25, -0.2) is 4.57 Å². The minimum atomic E-state index is -4.30. The summed E-state index contributed by atoms with van der Waals surface area (Å²) >= 11 is 0. The number of phosphoric ester groups is 1. The number of phosphoric acid groups is 1. The quantitative estimate of drug-likeness (QED) is 0.415. The number of rotatable bonds is 9. The van der Waals surface area contributed by atoms with Crippen LogP contribution in [0.5, 0.6) is 0 Å². The molecule has 0 aromatic heterocycles. The molecule has 19 heavy (non-hydrogen) atoms. The van der Waals surface area contributed by atoms with Crippen molar-refractivity contribution in [3.05, 3.63) is 48.0 Å². The van der Waals surface area contributed by atoms with Crippen LogP contribution in [-0.2, 0) is 21.9 Å². The van der Waals surface area contributed by atoms with E-state index in [-0.39, 0.29) is 6.61 Å². The van der Waals surface area contributed by atoms with Gasteiger partial charge in [0.05, 0.1) is 6.61 Å². The summed E-state index contributed by atoms with van der Waals surface area (Å²) in [4.78, 5) is 17.1. The van der Waals surface area contributed by atoms with Crippen molar-refractivity contribution < 1.29 is 18.9 Å². The van der Waals surface area contributed by atoms with Crippen molar-refractivity contribution >= 4 is 7.82 Å². The average molecular weight is 284 g/mol. The highest BCUT2D eigenvalue weighted by atomic mass is 31.2. The molecule has 0 aliphatic heterocycles. The second-order valence-electron chi connectivity index (χ2n) is 4.40. The highest BCUT2D eigenvalue weighted by molar-refractivity contribution is 7.46. The average Bonchev–Trinajstić information content (AvgIpc) is 2.34. The molecule has 0 heterocycles. The summed E-state index contributed by atoms with van der Waals surface area (Å²) in [6.45, 7) is 3.86. The Morgan fingerprint density at radius 2 is 1.84 bits per heavy atom. The number of aryl methyl sites for hydroxylation is 1. The van der Waals surface area contributed by atoms with Gasteiger partial charge in [0.25, 0.3) is 0 Å². The number of benzene rings is 1. The smallest absolute Gasteiger partial charge is 0.303 e. The van der Waals surface area contributed by atoms with Gasteiger partial charge >= 0.3 is 7.82 Å².